The van der Waals surface area contributed by atoms with E-state index in [-0.39, 0.29) is 0 Å². The summed E-state index contributed by atoms with van der Waals surface area (Å²) in [5.74, 6) is 1.54. The summed E-state index contributed by atoms with van der Waals surface area (Å²) in [7, 11) is 3.31. The van der Waals surface area contributed by atoms with Gasteiger partial charge in [0.2, 0.25) is 0 Å². The van der Waals surface area contributed by atoms with Crippen molar-refractivity contribution < 1.29 is 14.2 Å². The van der Waals surface area contributed by atoms with Gasteiger partial charge in [-0.05, 0) is 30.5 Å². The van der Waals surface area contributed by atoms with E-state index in [9.17, 15) is 0 Å². The monoisotopic (exact) mass is 279 g/mol. The van der Waals surface area contributed by atoms with Crippen molar-refractivity contribution in [3.05, 3.63) is 23.8 Å². The van der Waals surface area contributed by atoms with Crippen molar-refractivity contribution in [3.63, 3.8) is 0 Å². The molecule has 4 nitrogen and oxygen atoms in total. The maximum Gasteiger partial charge on any atom is 0.161 e. The molecule has 1 aromatic rings. The lowest BCUT2D eigenvalue weighted by molar-refractivity contribution is 0.0602. The first-order valence-electron chi connectivity index (χ1n) is 7.36. The molecular formula is C16H25NO3. The Hall–Kier alpha value is -1.26. The predicted molar refractivity (Wildman–Crippen MR) is 79.5 cm³/mol. The average molecular weight is 279 g/mol. The van der Waals surface area contributed by atoms with Crippen molar-refractivity contribution in [2.24, 2.45) is 0 Å². The minimum atomic E-state index is 0.498. The van der Waals surface area contributed by atoms with Crippen LogP contribution in [0.25, 0.3) is 0 Å². The second kappa shape index (κ2) is 8.12. The largest absolute Gasteiger partial charge is 0.493 e. The van der Waals surface area contributed by atoms with Gasteiger partial charge in [-0.3, -0.25) is 0 Å². The minimum Gasteiger partial charge on any atom is -0.493 e. The van der Waals surface area contributed by atoms with E-state index in [2.05, 4.69) is 5.32 Å². The maximum absolute atomic E-state index is 5.82. The van der Waals surface area contributed by atoms with Crippen molar-refractivity contribution in [1.82, 2.24) is 5.32 Å². The van der Waals surface area contributed by atoms with Gasteiger partial charge in [0.15, 0.2) is 11.5 Å². The molecule has 0 saturated heterocycles. The first kappa shape index (κ1) is 15.1. The van der Waals surface area contributed by atoms with E-state index in [4.69, 9.17) is 14.2 Å². The summed E-state index contributed by atoms with van der Waals surface area (Å²) in [4.78, 5) is 0. The quantitative estimate of drug-likeness (QED) is 0.743. The zero-order valence-corrected chi connectivity index (χ0v) is 12.5. The van der Waals surface area contributed by atoms with Crippen molar-refractivity contribution in [2.45, 2.75) is 38.3 Å². The second-order valence-corrected chi connectivity index (χ2v) is 5.14. The fraction of sp³-hybridized carbons (Fsp3) is 0.625. The van der Waals surface area contributed by atoms with Gasteiger partial charge in [0.05, 0.1) is 26.9 Å². The number of nitrogens with one attached hydrogen (secondary N) is 1. The normalized spacial score (nSPS) is 15.5. The molecule has 0 atom stereocenters. The van der Waals surface area contributed by atoms with Crippen LogP contribution < -0.4 is 14.8 Å². The lowest BCUT2D eigenvalue weighted by Crippen LogP contribution is -2.21. The second-order valence-electron chi connectivity index (χ2n) is 5.14. The molecule has 0 aromatic heterocycles. The summed E-state index contributed by atoms with van der Waals surface area (Å²) in [5, 5.41) is 3.39. The Morgan fingerprint density at radius 3 is 2.55 bits per heavy atom. The van der Waals surface area contributed by atoms with E-state index in [0.29, 0.717) is 6.10 Å². The molecule has 2 rings (SSSR count). The van der Waals surface area contributed by atoms with Crippen LogP contribution in [0.3, 0.4) is 0 Å². The number of methoxy groups -OCH3 is 2. The van der Waals surface area contributed by atoms with Crippen molar-refractivity contribution in [1.29, 1.82) is 0 Å². The Balaban J connectivity index is 1.68. The van der Waals surface area contributed by atoms with Crippen LogP contribution in [-0.2, 0) is 11.3 Å². The summed E-state index contributed by atoms with van der Waals surface area (Å²) >= 11 is 0. The van der Waals surface area contributed by atoms with Gasteiger partial charge in [0.1, 0.15) is 0 Å². The Morgan fingerprint density at radius 2 is 1.85 bits per heavy atom. The summed E-state index contributed by atoms with van der Waals surface area (Å²) in [6, 6.07) is 5.99. The third kappa shape index (κ3) is 4.39. The van der Waals surface area contributed by atoms with Crippen LogP contribution in [0, 0.1) is 0 Å². The maximum atomic E-state index is 5.82. The van der Waals surface area contributed by atoms with Crippen molar-refractivity contribution in [3.8, 4) is 11.5 Å². The van der Waals surface area contributed by atoms with E-state index in [1.807, 2.05) is 18.2 Å². The van der Waals surface area contributed by atoms with Crippen LogP contribution in [0.5, 0.6) is 11.5 Å². The highest BCUT2D eigenvalue weighted by Crippen LogP contribution is 2.27. The molecule has 1 fully saturated rings. The highest BCUT2D eigenvalue weighted by molar-refractivity contribution is 5.42. The van der Waals surface area contributed by atoms with Gasteiger partial charge >= 0.3 is 0 Å². The number of rotatable bonds is 8. The van der Waals surface area contributed by atoms with Gasteiger partial charge in [0, 0.05) is 13.1 Å². The summed E-state index contributed by atoms with van der Waals surface area (Å²) in [6.07, 6.45) is 5.61. The molecule has 0 heterocycles. The molecule has 112 valence electrons. The Kier molecular flexibility index (Phi) is 6.15. The standard InChI is InChI=1S/C16H25NO3/c1-18-15-8-7-13(11-16(15)19-2)12-17-9-10-20-14-5-3-4-6-14/h7-8,11,14,17H,3-6,9-10,12H2,1-2H3. The van der Waals surface area contributed by atoms with Crippen molar-refractivity contribution in [2.75, 3.05) is 27.4 Å². The number of hydrogen-bond acceptors (Lipinski definition) is 4. The molecule has 1 N–H and O–H groups in total. The Bertz CT molecular complexity index is 403. The Morgan fingerprint density at radius 1 is 1.10 bits per heavy atom. The van der Waals surface area contributed by atoms with Gasteiger partial charge in [-0.25, -0.2) is 0 Å². The first-order valence-corrected chi connectivity index (χ1v) is 7.36. The van der Waals surface area contributed by atoms with Crippen molar-refractivity contribution >= 4 is 0 Å². The van der Waals surface area contributed by atoms with Gasteiger partial charge in [-0.1, -0.05) is 18.9 Å². The minimum absolute atomic E-state index is 0.498. The fourth-order valence-electron chi connectivity index (χ4n) is 2.58. The van der Waals surface area contributed by atoms with Crippen LogP contribution in [0.15, 0.2) is 18.2 Å². The zero-order chi connectivity index (χ0) is 14.2. The van der Waals surface area contributed by atoms with E-state index < -0.39 is 0 Å². The molecule has 0 amide bonds. The number of hydrogen-bond donors (Lipinski definition) is 1. The third-order valence-electron chi connectivity index (χ3n) is 3.71. The predicted octanol–water partition coefficient (Wildman–Crippen LogP) is 2.75. The van der Waals surface area contributed by atoms with E-state index in [0.717, 1.165) is 31.2 Å². The smallest absolute Gasteiger partial charge is 0.161 e. The van der Waals surface area contributed by atoms with Crippen LogP contribution in [-0.4, -0.2) is 33.5 Å². The number of benzene rings is 1. The van der Waals surface area contributed by atoms with Gasteiger partial charge in [-0.15, -0.1) is 0 Å². The molecule has 20 heavy (non-hydrogen) atoms. The molecule has 0 radical (unpaired) electrons. The van der Waals surface area contributed by atoms with Gasteiger partial charge in [-0.2, -0.15) is 0 Å². The average Bonchev–Trinajstić information content (AvgIpc) is 3.00. The summed E-state index contributed by atoms with van der Waals surface area (Å²) in [5.41, 5.74) is 1.18. The molecule has 1 aromatic carbocycles. The third-order valence-corrected chi connectivity index (χ3v) is 3.71. The van der Waals surface area contributed by atoms with Gasteiger partial charge < -0.3 is 19.5 Å². The highest BCUT2D eigenvalue weighted by Gasteiger charge is 2.14. The molecule has 0 aliphatic heterocycles. The highest BCUT2D eigenvalue weighted by atomic mass is 16.5. The molecular weight excluding hydrogens is 254 g/mol. The molecule has 1 saturated carbocycles. The summed E-state index contributed by atoms with van der Waals surface area (Å²) in [6.45, 7) is 2.48. The van der Waals surface area contributed by atoms with E-state index >= 15 is 0 Å². The van der Waals surface area contributed by atoms with Crippen LogP contribution >= 0.6 is 0 Å². The molecule has 0 spiro atoms. The molecule has 0 unspecified atom stereocenters. The van der Waals surface area contributed by atoms with Crippen LogP contribution in [0.4, 0.5) is 0 Å². The van der Waals surface area contributed by atoms with Crippen LogP contribution in [0.2, 0.25) is 0 Å². The number of ether oxygens (including phenoxy) is 3. The molecule has 1 aliphatic carbocycles. The molecule has 4 heteroatoms. The summed E-state index contributed by atoms with van der Waals surface area (Å²) < 4.78 is 16.3. The zero-order valence-electron chi connectivity index (χ0n) is 12.5. The van der Waals surface area contributed by atoms with E-state index in [1.165, 1.54) is 31.2 Å². The van der Waals surface area contributed by atoms with E-state index in [1.54, 1.807) is 14.2 Å². The molecule has 0 bridgehead atoms. The Labute approximate surface area is 121 Å². The first-order chi connectivity index (χ1) is 9.83. The topological polar surface area (TPSA) is 39.7 Å². The molecule has 1 aliphatic rings. The fourth-order valence-corrected chi connectivity index (χ4v) is 2.58. The van der Waals surface area contributed by atoms with Gasteiger partial charge in [0.25, 0.3) is 0 Å². The SMILES string of the molecule is COc1ccc(CNCCOC2CCCC2)cc1OC. The lowest BCUT2D eigenvalue weighted by Gasteiger charge is -2.12. The van der Waals surface area contributed by atoms with Crippen LogP contribution in [0.1, 0.15) is 31.2 Å². The lowest BCUT2D eigenvalue weighted by atomic mass is 10.2.